The van der Waals surface area contributed by atoms with E-state index in [0.29, 0.717) is 5.75 Å². The first kappa shape index (κ1) is 18.1. The van der Waals surface area contributed by atoms with Gasteiger partial charge in [0.15, 0.2) is 12.0 Å². The molecule has 1 aliphatic rings. The van der Waals surface area contributed by atoms with Crippen LogP contribution in [0.25, 0.3) is 0 Å². The summed E-state index contributed by atoms with van der Waals surface area (Å²) < 4.78 is 41.9. The minimum atomic E-state index is -3.97. The molecule has 0 unspecified atom stereocenters. The number of esters is 1. The topological polar surface area (TPSA) is 108 Å². The number of methoxy groups -OCH3 is 1. The van der Waals surface area contributed by atoms with Crippen LogP contribution < -0.4 is 9.46 Å². The van der Waals surface area contributed by atoms with Crippen LogP contribution in [0.4, 0.5) is 0 Å². The van der Waals surface area contributed by atoms with E-state index in [1.54, 1.807) is 0 Å². The SMILES string of the molecule is COc1ccc(S(=O)(=O)N[C@H]2O[C@H](COC(C)=O)C=CC2=O)cc1. The van der Waals surface area contributed by atoms with Crippen molar-refractivity contribution in [2.24, 2.45) is 0 Å². The molecule has 1 aromatic carbocycles. The first-order valence-electron chi connectivity index (χ1n) is 6.99. The molecule has 2 rings (SSSR count). The monoisotopic (exact) mass is 355 g/mol. The highest BCUT2D eigenvalue weighted by Gasteiger charge is 2.30. The first-order chi connectivity index (χ1) is 11.3. The predicted octanol–water partition coefficient (Wildman–Crippen LogP) is 0.387. The van der Waals surface area contributed by atoms with Gasteiger partial charge in [0, 0.05) is 6.92 Å². The molecule has 8 nitrogen and oxygen atoms in total. The molecule has 0 saturated carbocycles. The second kappa shape index (κ2) is 7.56. The Morgan fingerprint density at radius 1 is 1.29 bits per heavy atom. The van der Waals surface area contributed by atoms with Gasteiger partial charge in [-0.25, -0.2) is 8.42 Å². The fourth-order valence-electron chi connectivity index (χ4n) is 1.92. The third-order valence-corrected chi connectivity index (χ3v) is 4.54. The lowest BCUT2D eigenvalue weighted by atomic mass is 10.2. The number of hydrogen-bond donors (Lipinski definition) is 1. The van der Waals surface area contributed by atoms with E-state index in [1.807, 2.05) is 0 Å². The van der Waals surface area contributed by atoms with Crippen molar-refractivity contribution in [3.05, 3.63) is 36.4 Å². The maximum atomic E-state index is 12.3. The van der Waals surface area contributed by atoms with Crippen molar-refractivity contribution in [1.82, 2.24) is 4.72 Å². The third kappa shape index (κ3) is 4.63. The van der Waals surface area contributed by atoms with Crippen molar-refractivity contribution in [3.8, 4) is 5.75 Å². The maximum Gasteiger partial charge on any atom is 0.302 e. The number of rotatable bonds is 6. The number of carbonyl (C=O) groups excluding carboxylic acids is 2. The first-order valence-corrected chi connectivity index (χ1v) is 8.47. The van der Waals surface area contributed by atoms with Crippen LogP contribution in [0.15, 0.2) is 41.3 Å². The zero-order valence-electron chi connectivity index (χ0n) is 13.1. The van der Waals surface area contributed by atoms with Gasteiger partial charge in [0.1, 0.15) is 18.5 Å². The summed E-state index contributed by atoms with van der Waals surface area (Å²) >= 11 is 0. The zero-order chi connectivity index (χ0) is 17.7. The second-order valence-corrected chi connectivity index (χ2v) is 6.63. The van der Waals surface area contributed by atoms with Crippen LogP contribution >= 0.6 is 0 Å². The van der Waals surface area contributed by atoms with E-state index < -0.39 is 34.1 Å². The van der Waals surface area contributed by atoms with Gasteiger partial charge in [-0.1, -0.05) is 0 Å². The largest absolute Gasteiger partial charge is 0.497 e. The summed E-state index contributed by atoms with van der Waals surface area (Å²) in [7, 11) is -2.50. The Balaban J connectivity index is 2.08. The Hall–Kier alpha value is -2.23. The van der Waals surface area contributed by atoms with Gasteiger partial charge < -0.3 is 14.2 Å². The Kier molecular flexibility index (Phi) is 5.71. The number of ketones is 1. The summed E-state index contributed by atoms with van der Waals surface area (Å²) in [5.74, 6) is -0.547. The molecule has 0 radical (unpaired) electrons. The number of carbonyl (C=O) groups is 2. The number of hydrogen-bond acceptors (Lipinski definition) is 7. The smallest absolute Gasteiger partial charge is 0.302 e. The van der Waals surface area contributed by atoms with Crippen LogP contribution in [0.5, 0.6) is 5.75 Å². The van der Waals surface area contributed by atoms with Crippen LogP contribution in [0, 0.1) is 0 Å². The van der Waals surface area contributed by atoms with E-state index >= 15 is 0 Å². The predicted molar refractivity (Wildman–Crippen MR) is 82.8 cm³/mol. The highest BCUT2D eigenvalue weighted by atomic mass is 32.2. The Morgan fingerprint density at radius 2 is 1.96 bits per heavy atom. The second-order valence-electron chi connectivity index (χ2n) is 4.92. The molecule has 1 heterocycles. The van der Waals surface area contributed by atoms with Gasteiger partial charge in [-0.2, -0.15) is 4.72 Å². The van der Waals surface area contributed by atoms with Crippen LogP contribution in [0.1, 0.15) is 6.92 Å². The minimum absolute atomic E-state index is 0.0363. The van der Waals surface area contributed by atoms with Crippen molar-refractivity contribution in [3.63, 3.8) is 0 Å². The fraction of sp³-hybridized carbons (Fsp3) is 0.333. The van der Waals surface area contributed by atoms with E-state index in [2.05, 4.69) is 4.72 Å². The van der Waals surface area contributed by atoms with Crippen molar-refractivity contribution in [2.45, 2.75) is 24.2 Å². The summed E-state index contributed by atoms with van der Waals surface area (Å²) in [6.07, 6.45) is 0.500. The molecule has 0 amide bonds. The maximum absolute atomic E-state index is 12.3. The molecule has 9 heteroatoms. The average Bonchev–Trinajstić information content (AvgIpc) is 2.55. The Morgan fingerprint density at radius 3 is 2.54 bits per heavy atom. The standard InChI is InChI=1S/C15H17NO7S/c1-10(17)22-9-12-5-8-14(18)15(23-12)16-24(19,20)13-6-3-11(21-2)4-7-13/h3-8,12,15-16H,9H2,1-2H3/t12-,15-/m0/s1. The van der Waals surface area contributed by atoms with Gasteiger partial charge >= 0.3 is 5.97 Å². The van der Waals surface area contributed by atoms with E-state index in [-0.39, 0.29) is 11.5 Å². The molecule has 0 bridgehead atoms. The molecule has 24 heavy (non-hydrogen) atoms. The van der Waals surface area contributed by atoms with Crippen molar-refractivity contribution in [1.29, 1.82) is 0 Å². The van der Waals surface area contributed by atoms with Crippen LogP contribution in [-0.2, 0) is 29.1 Å². The molecule has 0 fully saturated rings. The zero-order valence-corrected chi connectivity index (χ0v) is 13.9. The molecule has 0 saturated heterocycles. The lowest BCUT2D eigenvalue weighted by Crippen LogP contribution is -2.46. The third-order valence-electron chi connectivity index (χ3n) is 3.13. The van der Waals surface area contributed by atoms with E-state index in [4.69, 9.17) is 14.2 Å². The molecule has 1 N–H and O–H groups in total. The van der Waals surface area contributed by atoms with Gasteiger partial charge in [0.2, 0.25) is 10.0 Å². The lowest BCUT2D eigenvalue weighted by molar-refractivity contribution is -0.147. The van der Waals surface area contributed by atoms with Crippen molar-refractivity contribution >= 4 is 21.8 Å². The quantitative estimate of drug-likeness (QED) is 0.735. The summed E-state index contributed by atoms with van der Waals surface area (Å²) in [5, 5.41) is 0. The molecule has 1 aliphatic heterocycles. The van der Waals surface area contributed by atoms with Gasteiger partial charge in [-0.15, -0.1) is 0 Å². The molecular weight excluding hydrogens is 338 g/mol. The van der Waals surface area contributed by atoms with Gasteiger partial charge in [0.05, 0.1) is 12.0 Å². The molecule has 2 atom stereocenters. The summed E-state index contributed by atoms with van der Waals surface area (Å²) in [5.41, 5.74) is 0. The molecule has 0 spiro atoms. The molecular formula is C15H17NO7S. The number of sulfonamides is 1. The van der Waals surface area contributed by atoms with E-state index in [0.717, 1.165) is 0 Å². The van der Waals surface area contributed by atoms with Gasteiger partial charge in [0.25, 0.3) is 0 Å². The highest BCUT2D eigenvalue weighted by molar-refractivity contribution is 7.89. The minimum Gasteiger partial charge on any atom is -0.497 e. The van der Waals surface area contributed by atoms with Crippen molar-refractivity contribution < 1.29 is 32.2 Å². The van der Waals surface area contributed by atoms with E-state index in [1.165, 1.54) is 50.5 Å². The summed E-state index contributed by atoms with van der Waals surface area (Å²) in [6, 6.07) is 5.67. The van der Waals surface area contributed by atoms with E-state index in [9.17, 15) is 18.0 Å². The molecule has 0 aromatic heterocycles. The normalized spacial score (nSPS) is 20.7. The van der Waals surface area contributed by atoms with Crippen molar-refractivity contribution in [2.75, 3.05) is 13.7 Å². The number of nitrogens with one attached hydrogen (secondary N) is 1. The Bertz CT molecular complexity index is 740. The number of benzene rings is 1. The average molecular weight is 355 g/mol. The molecule has 130 valence electrons. The fourth-order valence-corrected chi connectivity index (χ4v) is 3.00. The number of ether oxygens (including phenoxy) is 3. The molecule has 0 aliphatic carbocycles. The lowest BCUT2D eigenvalue weighted by Gasteiger charge is -2.25. The highest BCUT2D eigenvalue weighted by Crippen LogP contribution is 2.17. The van der Waals surface area contributed by atoms with Gasteiger partial charge in [-0.05, 0) is 36.4 Å². The van der Waals surface area contributed by atoms with Crippen LogP contribution in [0.2, 0.25) is 0 Å². The van der Waals surface area contributed by atoms with Gasteiger partial charge in [-0.3, -0.25) is 9.59 Å². The molecule has 1 aromatic rings. The van der Waals surface area contributed by atoms with Crippen LogP contribution in [-0.4, -0.2) is 46.2 Å². The van der Waals surface area contributed by atoms with Crippen LogP contribution in [0.3, 0.4) is 0 Å². The summed E-state index contributed by atoms with van der Waals surface area (Å²) in [6.45, 7) is 1.13. The Labute approximate surface area is 139 Å². The summed E-state index contributed by atoms with van der Waals surface area (Å²) in [4.78, 5) is 22.6.